The van der Waals surface area contributed by atoms with Crippen LogP contribution in [-0.4, -0.2) is 17.6 Å². The minimum Gasteiger partial charge on any atom is -0.451 e. The zero-order chi connectivity index (χ0) is 16.4. The number of hydrogen-bond donors (Lipinski definition) is 2. The van der Waals surface area contributed by atoms with E-state index in [-0.39, 0.29) is 12.3 Å². The summed E-state index contributed by atoms with van der Waals surface area (Å²) in [6.07, 6.45) is -0.971. The number of hydrogen-bond acceptors (Lipinski definition) is 3. The van der Waals surface area contributed by atoms with Crippen molar-refractivity contribution >= 4 is 16.9 Å². The molecular weight excluding hydrogens is 304 g/mol. The maximum Gasteiger partial charge on any atom is 0.287 e. The second-order valence-electron chi connectivity index (χ2n) is 5.07. The van der Waals surface area contributed by atoms with Gasteiger partial charge in [0.05, 0.1) is 6.10 Å². The maximum atomic E-state index is 13.1. The molecule has 1 aromatic heterocycles. The number of carbonyl (C=O) groups is 1. The van der Waals surface area contributed by atoms with E-state index in [9.17, 15) is 18.7 Å². The molecule has 0 aliphatic heterocycles. The molecule has 0 aliphatic rings. The number of aliphatic hydroxyl groups is 1. The number of nitrogens with one attached hydrogen (secondary N) is 1. The van der Waals surface area contributed by atoms with Gasteiger partial charge in [0.25, 0.3) is 5.91 Å². The molecule has 0 fully saturated rings. The monoisotopic (exact) mass is 317 g/mol. The lowest BCUT2D eigenvalue weighted by atomic mass is 10.1. The Morgan fingerprint density at radius 2 is 1.78 bits per heavy atom. The predicted octanol–water partition coefficient (Wildman–Crippen LogP) is 3.17. The third kappa shape index (κ3) is 3.37. The third-order valence-corrected chi connectivity index (χ3v) is 3.41. The van der Waals surface area contributed by atoms with Crippen LogP contribution in [0.15, 0.2) is 52.9 Å². The van der Waals surface area contributed by atoms with Crippen LogP contribution in [0.3, 0.4) is 0 Å². The molecule has 0 bridgehead atoms. The summed E-state index contributed by atoms with van der Waals surface area (Å²) in [4.78, 5) is 12.0. The van der Waals surface area contributed by atoms with Crippen molar-refractivity contribution in [2.24, 2.45) is 0 Å². The summed E-state index contributed by atoms with van der Waals surface area (Å²) in [6.45, 7) is -0.0597. The van der Waals surface area contributed by atoms with Crippen molar-refractivity contribution in [3.05, 3.63) is 71.5 Å². The van der Waals surface area contributed by atoms with Gasteiger partial charge in [-0.1, -0.05) is 12.1 Å². The highest BCUT2D eigenvalue weighted by molar-refractivity contribution is 5.96. The first-order valence-electron chi connectivity index (χ1n) is 6.94. The molecule has 3 aromatic rings. The van der Waals surface area contributed by atoms with E-state index < -0.39 is 23.6 Å². The number of amides is 1. The Labute approximate surface area is 130 Å². The molecule has 2 N–H and O–H groups in total. The number of fused-ring (bicyclic) bond motifs is 1. The standard InChI is InChI=1S/C17H13F2NO3/c18-12-3-1-10(2-4-12)14(21)9-20-17(22)16-8-11-7-13(19)5-6-15(11)23-16/h1-8,14,21H,9H2,(H,20,22). The topological polar surface area (TPSA) is 62.5 Å². The van der Waals surface area contributed by atoms with Crippen molar-refractivity contribution < 1.29 is 23.1 Å². The van der Waals surface area contributed by atoms with Gasteiger partial charge in [-0.05, 0) is 42.0 Å². The highest BCUT2D eigenvalue weighted by Gasteiger charge is 2.15. The van der Waals surface area contributed by atoms with Gasteiger partial charge in [-0.25, -0.2) is 8.78 Å². The predicted molar refractivity (Wildman–Crippen MR) is 79.9 cm³/mol. The van der Waals surface area contributed by atoms with Gasteiger partial charge in [-0.3, -0.25) is 4.79 Å². The fourth-order valence-corrected chi connectivity index (χ4v) is 2.21. The van der Waals surface area contributed by atoms with E-state index in [0.717, 1.165) is 0 Å². The SMILES string of the molecule is O=C(NCC(O)c1ccc(F)cc1)c1cc2cc(F)ccc2o1. The Morgan fingerprint density at radius 1 is 1.09 bits per heavy atom. The van der Waals surface area contributed by atoms with E-state index in [1.54, 1.807) is 0 Å². The van der Waals surface area contributed by atoms with Crippen LogP contribution in [0.4, 0.5) is 8.78 Å². The van der Waals surface area contributed by atoms with Gasteiger partial charge in [-0.15, -0.1) is 0 Å². The van der Waals surface area contributed by atoms with Gasteiger partial charge in [0, 0.05) is 11.9 Å². The maximum absolute atomic E-state index is 13.1. The van der Waals surface area contributed by atoms with Crippen LogP contribution in [0.25, 0.3) is 11.0 Å². The van der Waals surface area contributed by atoms with Crippen molar-refractivity contribution in [1.29, 1.82) is 0 Å². The summed E-state index contributed by atoms with van der Waals surface area (Å²) in [6, 6.07) is 10.7. The molecule has 1 unspecified atom stereocenters. The third-order valence-electron chi connectivity index (χ3n) is 3.41. The Balaban J connectivity index is 1.67. The molecule has 1 atom stereocenters. The summed E-state index contributed by atoms with van der Waals surface area (Å²) in [5.74, 6) is -1.32. The summed E-state index contributed by atoms with van der Waals surface area (Å²) in [5.41, 5.74) is 0.883. The smallest absolute Gasteiger partial charge is 0.287 e. The fourth-order valence-electron chi connectivity index (χ4n) is 2.21. The molecule has 3 rings (SSSR count). The summed E-state index contributed by atoms with van der Waals surface area (Å²) in [7, 11) is 0. The molecule has 2 aromatic carbocycles. The molecule has 23 heavy (non-hydrogen) atoms. The first-order valence-corrected chi connectivity index (χ1v) is 6.94. The average Bonchev–Trinajstić information content (AvgIpc) is 2.96. The van der Waals surface area contributed by atoms with Crippen molar-refractivity contribution in [2.75, 3.05) is 6.54 Å². The zero-order valence-electron chi connectivity index (χ0n) is 11.9. The largest absolute Gasteiger partial charge is 0.451 e. The second-order valence-corrected chi connectivity index (χ2v) is 5.07. The van der Waals surface area contributed by atoms with E-state index in [1.165, 1.54) is 48.5 Å². The quantitative estimate of drug-likeness (QED) is 0.777. The normalized spacial score (nSPS) is 12.3. The van der Waals surface area contributed by atoms with E-state index in [0.29, 0.717) is 16.5 Å². The summed E-state index contributed by atoms with van der Waals surface area (Å²) < 4.78 is 31.3. The molecule has 0 spiro atoms. The van der Waals surface area contributed by atoms with E-state index in [2.05, 4.69) is 5.32 Å². The first-order chi connectivity index (χ1) is 11.0. The average molecular weight is 317 g/mol. The molecule has 1 amide bonds. The van der Waals surface area contributed by atoms with E-state index >= 15 is 0 Å². The Kier molecular flexibility index (Phi) is 4.08. The first kappa shape index (κ1) is 15.2. The number of rotatable bonds is 4. The summed E-state index contributed by atoms with van der Waals surface area (Å²) in [5, 5.41) is 13.0. The van der Waals surface area contributed by atoms with Crippen molar-refractivity contribution in [3.63, 3.8) is 0 Å². The number of aliphatic hydroxyl groups excluding tert-OH is 1. The van der Waals surface area contributed by atoms with Crippen LogP contribution in [0.2, 0.25) is 0 Å². The van der Waals surface area contributed by atoms with Crippen molar-refractivity contribution in [2.45, 2.75) is 6.10 Å². The molecule has 0 aliphatic carbocycles. The van der Waals surface area contributed by atoms with Gasteiger partial charge in [0.2, 0.25) is 0 Å². The molecule has 4 nitrogen and oxygen atoms in total. The van der Waals surface area contributed by atoms with Crippen LogP contribution >= 0.6 is 0 Å². The van der Waals surface area contributed by atoms with Crippen LogP contribution in [0.1, 0.15) is 22.2 Å². The number of benzene rings is 2. The van der Waals surface area contributed by atoms with Gasteiger partial charge in [0.15, 0.2) is 5.76 Å². The lowest BCUT2D eigenvalue weighted by Crippen LogP contribution is -2.28. The van der Waals surface area contributed by atoms with Crippen LogP contribution in [0, 0.1) is 11.6 Å². The van der Waals surface area contributed by atoms with Crippen LogP contribution in [-0.2, 0) is 0 Å². The van der Waals surface area contributed by atoms with Crippen LogP contribution < -0.4 is 5.32 Å². The van der Waals surface area contributed by atoms with Gasteiger partial charge >= 0.3 is 0 Å². The molecule has 0 radical (unpaired) electrons. The Morgan fingerprint density at radius 3 is 2.52 bits per heavy atom. The zero-order valence-corrected chi connectivity index (χ0v) is 11.9. The Bertz CT molecular complexity index is 843. The van der Waals surface area contributed by atoms with Crippen molar-refractivity contribution in [3.8, 4) is 0 Å². The van der Waals surface area contributed by atoms with Gasteiger partial charge in [-0.2, -0.15) is 0 Å². The van der Waals surface area contributed by atoms with E-state index in [4.69, 9.17) is 4.42 Å². The molecular formula is C17H13F2NO3. The molecule has 118 valence electrons. The second kappa shape index (κ2) is 6.18. The lowest BCUT2D eigenvalue weighted by Gasteiger charge is -2.11. The van der Waals surface area contributed by atoms with Gasteiger partial charge in [0.1, 0.15) is 17.2 Å². The van der Waals surface area contributed by atoms with Gasteiger partial charge < -0.3 is 14.8 Å². The van der Waals surface area contributed by atoms with E-state index in [1.807, 2.05) is 0 Å². The highest BCUT2D eigenvalue weighted by Crippen LogP contribution is 2.20. The number of furan rings is 1. The fraction of sp³-hybridized carbons (Fsp3) is 0.118. The molecule has 1 heterocycles. The van der Waals surface area contributed by atoms with Crippen molar-refractivity contribution in [1.82, 2.24) is 5.32 Å². The minimum absolute atomic E-state index is 0.0249. The minimum atomic E-state index is -0.971. The summed E-state index contributed by atoms with van der Waals surface area (Å²) >= 11 is 0. The molecule has 0 saturated heterocycles. The Hall–Kier alpha value is -2.73. The lowest BCUT2D eigenvalue weighted by molar-refractivity contribution is 0.0891. The number of halogens is 2. The molecule has 0 saturated carbocycles. The molecule has 6 heteroatoms. The number of carbonyl (C=O) groups excluding carboxylic acids is 1. The van der Waals surface area contributed by atoms with Crippen LogP contribution in [0.5, 0.6) is 0 Å². The highest BCUT2D eigenvalue weighted by atomic mass is 19.1.